The van der Waals surface area contributed by atoms with Gasteiger partial charge in [0, 0.05) is 12.3 Å². The molecule has 1 atom stereocenters. The van der Waals surface area contributed by atoms with Gasteiger partial charge in [0.1, 0.15) is 11.4 Å². The van der Waals surface area contributed by atoms with E-state index in [4.69, 9.17) is 9.47 Å². The molecule has 0 saturated heterocycles. The molecule has 0 aromatic heterocycles. The Morgan fingerprint density at radius 1 is 1.25 bits per heavy atom. The van der Waals surface area contributed by atoms with Crippen LogP contribution in [0.5, 0.6) is 5.75 Å². The number of ether oxygens (including phenoxy) is 2. The average molecular weight is 279 g/mol. The minimum absolute atomic E-state index is 0.0991. The van der Waals surface area contributed by atoms with Crippen LogP contribution in [0, 0.1) is 0 Å². The molecule has 112 valence electrons. The van der Waals surface area contributed by atoms with E-state index >= 15 is 0 Å². The first kappa shape index (κ1) is 16.5. The summed E-state index contributed by atoms with van der Waals surface area (Å²) in [5.41, 5.74) is -0.0248. The number of carbonyl (C=O) groups is 1. The van der Waals surface area contributed by atoms with E-state index in [1.54, 1.807) is 7.11 Å². The molecule has 0 bridgehead atoms. The van der Waals surface area contributed by atoms with Crippen molar-refractivity contribution in [1.29, 1.82) is 0 Å². The van der Waals surface area contributed by atoms with Gasteiger partial charge >= 0.3 is 0 Å². The Hall–Kier alpha value is -1.55. The van der Waals surface area contributed by atoms with Gasteiger partial charge in [-0.2, -0.15) is 0 Å². The predicted octanol–water partition coefficient (Wildman–Crippen LogP) is 3.62. The lowest BCUT2D eigenvalue weighted by Crippen LogP contribution is -2.42. The summed E-state index contributed by atoms with van der Waals surface area (Å²) in [6, 6.07) is 7.28. The third-order valence-electron chi connectivity index (χ3n) is 3.30. The second-order valence-electron chi connectivity index (χ2n) is 4.95. The molecule has 1 rings (SSSR count). The second kappa shape index (κ2) is 7.90. The van der Waals surface area contributed by atoms with Crippen molar-refractivity contribution in [2.75, 3.05) is 19.0 Å². The zero-order valence-electron chi connectivity index (χ0n) is 12.9. The number of anilines is 1. The number of benzene rings is 1. The fourth-order valence-electron chi connectivity index (χ4n) is 2.02. The van der Waals surface area contributed by atoms with Crippen molar-refractivity contribution >= 4 is 11.6 Å². The molecule has 1 aromatic carbocycles. The van der Waals surface area contributed by atoms with Crippen molar-refractivity contribution < 1.29 is 14.3 Å². The maximum absolute atomic E-state index is 12.4. The van der Waals surface area contributed by atoms with Crippen LogP contribution in [0.3, 0.4) is 0 Å². The highest BCUT2D eigenvalue weighted by molar-refractivity contribution is 5.97. The summed E-state index contributed by atoms with van der Waals surface area (Å²) in [7, 11) is 1.62. The fourth-order valence-corrected chi connectivity index (χ4v) is 2.02. The van der Waals surface area contributed by atoms with E-state index in [2.05, 4.69) is 12.2 Å². The van der Waals surface area contributed by atoms with Gasteiger partial charge in [-0.1, -0.05) is 19.8 Å². The quantitative estimate of drug-likeness (QED) is 0.790. The summed E-state index contributed by atoms with van der Waals surface area (Å²) in [5, 5.41) is 2.91. The summed E-state index contributed by atoms with van der Waals surface area (Å²) >= 11 is 0. The first-order chi connectivity index (χ1) is 9.55. The summed E-state index contributed by atoms with van der Waals surface area (Å²) in [5.74, 6) is 0.666. The number of hydrogen-bond acceptors (Lipinski definition) is 3. The monoisotopic (exact) mass is 279 g/mol. The number of hydrogen-bond donors (Lipinski definition) is 1. The number of rotatable bonds is 8. The Kier molecular flexibility index (Phi) is 6.52. The number of carbonyl (C=O) groups excluding carboxylic acids is 1. The van der Waals surface area contributed by atoms with Crippen LogP contribution in [0.25, 0.3) is 0 Å². The van der Waals surface area contributed by atoms with Gasteiger partial charge in [-0.05, 0) is 44.5 Å². The maximum atomic E-state index is 12.4. The molecule has 0 aliphatic carbocycles. The molecule has 0 radical (unpaired) electrons. The summed E-state index contributed by atoms with van der Waals surface area (Å²) < 4.78 is 10.8. The molecular weight excluding hydrogens is 254 g/mol. The first-order valence-electron chi connectivity index (χ1n) is 7.15. The van der Waals surface area contributed by atoms with Crippen LogP contribution in [0.15, 0.2) is 24.3 Å². The van der Waals surface area contributed by atoms with Gasteiger partial charge in [0.15, 0.2) is 0 Å². The summed E-state index contributed by atoms with van der Waals surface area (Å²) in [6.45, 7) is 6.39. The minimum Gasteiger partial charge on any atom is -0.497 e. The number of amides is 1. The SMILES string of the molecule is CCCCC(C)(OCC)C(=O)Nc1ccc(OC)cc1. The van der Waals surface area contributed by atoms with Gasteiger partial charge in [0.25, 0.3) is 5.91 Å². The Bertz CT molecular complexity index is 416. The lowest BCUT2D eigenvalue weighted by Gasteiger charge is -2.28. The summed E-state index contributed by atoms with van der Waals surface area (Å²) in [6.07, 6.45) is 2.73. The van der Waals surface area contributed by atoms with Gasteiger partial charge in [0.05, 0.1) is 7.11 Å². The molecule has 0 aliphatic heterocycles. The van der Waals surface area contributed by atoms with Crippen molar-refractivity contribution in [2.24, 2.45) is 0 Å². The van der Waals surface area contributed by atoms with Crippen LogP contribution in [0.4, 0.5) is 5.69 Å². The van der Waals surface area contributed by atoms with Gasteiger partial charge in [-0.3, -0.25) is 4.79 Å². The third-order valence-corrected chi connectivity index (χ3v) is 3.30. The molecule has 0 fully saturated rings. The normalized spacial score (nSPS) is 13.6. The predicted molar refractivity (Wildman–Crippen MR) is 81.2 cm³/mol. The minimum atomic E-state index is -0.773. The van der Waals surface area contributed by atoms with Crippen LogP contribution in [-0.2, 0) is 9.53 Å². The maximum Gasteiger partial charge on any atom is 0.256 e. The average Bonchev–Trinajstić information content (AvgIpc) is 2.46. The molecule has 1 unspecified atom stereocenters. The van der Waals surface area contributed by atoms with Crippen molar-refractivity contribution in [1.82, 2.24) is 0 Å². The van der Waals surface area contributed by atoms with Crippen molar-refractivity contribution in [2.45, 2.75) is 45.6 Å². The molecule has 4 nitrogen and oxygen atoms in total. The molecule has 1 N–H and O–H groups in total. The molecule has 4 heteroatoms. The molecule has 0 spiro atoms. The smallest absolute Gasteiger partial charge is 0.256 e. The van der Waals surface area contributed by atoms with Crippen molar-refractivity contribution in [3.8, 4) is 5.75 Å². The van der Waals surface area contributed by atoms with Crippen LogP contribution in [0.2, 0.25) is 0 Å². The van der Waals surface area contributed by atoms with E-state index in [9.17, 15) is 4.79 Å². The topological polar surface area (TPSA) is 47.6 Å². The Morgan fingerprint density at radius 2 is 1.90 bits per heavy atom. The van der Waals surface area contributed by atoms with Crippen LogP contribution >= 0.6 is 0 Å². The van der Waals surface area contributed by atoms with Crippen molar-refractivity contribution in [3.63, 3.8) is 0 Å². The fraction of sp³-hybridized carbons (Fsp3) is 0.562. The van der Waals surface area contributed by atoms with Gasteiger partial charge in [0.2, 0.25) is 0 Å². The number of nitrogens with one attached hydrogen (secondary N) is 1. The van der Waals surface area contributed by atoms with E-state index in [0.717, 1.165) is 30.7 Å². The number of unbranched alkanes of at least 4 members (excludes halogenated alkanes) is 1. The molecule has 1 aromatic rings. The Labute approximate surface area is 121 Å². The van der Waals surface area contributed by atoms with Crippen LogP contribution < -0.4 is 10.1 Å². The van der Waals surface area contributed by atoms with E-state index in [1.165, 1.54) is 0 Å². The molecule has 20 heavy (non-hydrogen) atoms. The first-order valence-corrected chi connectivity index (χ1v) is 7.15. The molecule has 0 heterocycles. The van der Waals surface area contributed by atoms with Crippen LogP contribution in [-0.4, -0.2) is 25.2 Å². The lowest BCUT2D eigenvalue weighted by atomic mass is 9.97. The van der Waals surface area contributed by atoms with E-state index in [1.807, 2.05) is 38.1 Å². The highest BCUT2D eigenvalue weighted by Gasteiger charge is 2.33. The Balaban J connectivity index is 2.73. The molecule has 1 amide bonds. The number of methoxy groups -OCH3 is 1. The molecule has 0 saturated carbocycles. The van der Waals surface area contributed by atoms with Gasteiger partial charge < -0.3 is 14.8 Å². The van der Waals surface area contributed by atoms with E-state index in [0.29, 0.717) is 6.61 Å². The van der Waals surface area contributed by atoms with E-state index in [-0.39, 0.29) is 5.91 Å². The van der Waals surface area contributed by atoms with Crippen LogP contribution in [0.1, 0.15) is 40.0 Å². The summed E-state index contributed by atoms with van der Waals surface area (Å²) in [4.78, 5) is 12.4. The highest BCUT2D eigenvalue weighted by Crippen LogP contribution is 2.22. The van der Waals surface area contributed by atoms with E-state index < -0.39 is 5.60 Å². The van der Waals surface area contributed by atoms with Gasteiger partial charge in [-0.15, -0.1) is 0 Å². The van der Waals surface area contributed by atoms with Gasteiger partial charge in [-0.25, -0.2) is 0 Å². The Morgan fingerprint density at radius 3 is 2.40 bits per heavy atom. The highest BCUT2D eigenvalue weighted by atomic mass is 16.5. The molecule has 0 aliphatic rings. The lowest BCUT2D eigenvalue weighted by molar-refractivity contribution is -0.139. The second-order valence-corrected chi connectivity index (χ2v) is 4.95. The zero-order valence-corrected chi connectivity index (χ0v) is 12.9. The molecular formula is C16H25NO3. The van der Waals surface area contributed by atoms with Crippen molar-refractivity contribution in [3.05, 3.63) is 24.3 Å². The third kappa shape index (κ3) is 4.53. The standard InChI is InChI=1S/C16H25NO3/c1-5-7-12-16(3,20-6-2)15(18)17-13-8-10-14(19-4)11-9-13/h8-11H,5-7,12H2,1-4H3,(H,17,18). The largest absolute Gasteiger partial charge is 0.497 e. The zero-order chi connectivity index (χ0) is 15.0.